The highest BCUT2D eigenvalue weighted by molar-refractivity contribution is 7.91. The molecule has 1 fully saturated rings. The van der Waals surface area contributed by atoms with E-state index < -0.39 is 15.6 Å². The number of sulfone groups is 1. The second-order valence-corrected chi connectivity index (χ2v) is 11.7. The summed E-state index contributed by atoms with van der Waals surface area (Å²) in [5, 5.41) is 9.32. The van der Waals surface area contributed by atoms with Gasteiger partial charge < -0.3 is 9.88 Å². The molecule has 5 rings (SSSR count). The number of nitrogens with one attached hydrogen (secondary N) is 2. The molecule has 8 nitrogen and oxygen atoms in total. The van der Waals surface area contributed by atoms with Gasteiger partial charge in [-0.3, -0.25) is 9.89 Å². The van der Waals surface area contributed by atoms with Gasteiger partial charge in [-0.1, -0.05) is 19.9 Å². The zero-order valence-electron chi connectivity index (χ0n) is 19.6. The van der Waals surface area contributed by atoms with Gasteiger partial charge in [0, 0.05) is 47.4 Å². The van der Waals surface area contributed by atoms with Crippen LogP contribution in [0.2, 0.25) is 0 Å². The number of fused-ring (bicyclic) bond motifs is 2. The Morgan fingerprint density at radius 1 is 1.18 bits per heavy atom. The van der Waals surface area contributed by atoms with Gasteiger partial charge >= 0.3 is 0 Å². The maximum absolute atomic E-state index is 12.3. The average molecular weight is 480 g/mol. The largest absolute Gasteiger partial charge is 0.354 e. The third kappa shape index (κ3) is 4.20. The Morgan fingerprint density at radius 2 is 1.94 bits per heavy atom. The molecule has 178 valence electrons. The van der Waals surface area contributed by atoms with Gasteiger partial charge in [-0.15, -0.1) is 0 Å². The zero-order chi connectivity index (χ0) is 24.0. The van der Waals surface area contributed by atoms with Crippen molar-refractivity contribution in [3.05, 3.63) is 47.8 Å². The number of piperidine rings is 1. The maximum atomic E-state index is 12.3. The highest BCUT2D eigenvalue weighted by Crippen LogP contribution is 2.39. The van der Waals surface area contributed by atoms with Gasteiger partial charge in [-0.25, -0.2) is 13.4 Å². The molecule has 9 heteroatoms. The predicted molar refractivity (Wildman–Crippen MR) is 134 cm³/mol. The Balaban J connectivity index is 1.46. The van der Waals surface area contributed by atoms with Crippen LogP contribution in [0.15, 0.2) is 36.7 Å². The third-order valence-electron chi connectivity index (χ3n) is 6.77. The number of aromatic amines is 2. The number of H-pyrrole nitrogens is 2. The number of carbonyl (C=O) groups excluding carboxylic acids is 1. The molecule has 0 unspecified atom stereocenters. The monoisotopic (exact) mass is 479 g/mol. The van der Waals surface area contributed by atoms with E-state index in [-0.39, 0.29) is 5.91 Å². The summed E-state index contributed by atoms with van der Waals surface area (Å²) in [4.78, 5) is 22.0. The molecule has 3 aromatic heterocycles. The highest BCUT2D eigenvalue weighted by atomic mass is 32.2. The summed E-state index contributed by atoms with van der Waals surface area (Å²) in [5.74, 6) is -0.0558. The molecular formula is C25H29N5O3S. The van der Waals surface area contributed by atoms with Crippen LogP contribution in [0, 0.1) is 0 Å². The molecule has 1 amide bonds. The van der Waals surface area contributed by atoms with Gasteiger partial charge in [-0.2, -0.15) is 5.10 Å². The molecule has 1 saturated heterocycles. The molecule has 34 heavy (non-hydrogen) atoms. The minimum atomic E-state index is -3.31. The summed E-state index contributed by atoms with van der Waals surface area (Å²) in [6.07, 6.45) is 6.38. The number of amides is 1. The summed E-state index contributed by atoms with van der Waals surface area (Å²) >= 11 is 0. The molecule has 0 atom stereocenters. The zero-order valence-corrected chi connectivity index (χ0v) is 20.4. The lowest BCUT2D eigenvalue weighted by Crippen LogP contribution is -2.40. The molecule has 2 N–H and O–H groups in total. The van der Waals surface area contributed by atoms with Crippen LogP contribution in [0.25, 0.3) is 33.2 Å². The predicted octanol–water partition coefficient (Wildman–Crippen LogP) is 3.98. The minimum absolute atomic E-state index is 0.295. The summed E-state index contributed by atoms with van der Waals surface area (Å²) in [7, 11) is -3.31. The first-order chi connectivity index (χ1) is 16.2. The molecule has 0 bridgehead atoms. The van der Waals surface area contributed by atoms with E-state index in [0.29, 0.717) is 24.9 Å². The van der Waals surface area contributed by atoms with Crippen molar-refractivity contribution in [2.45, 2.75) is 38.5 Å². The fraction of sp³-hybridized carbons (Fsp3) is 0.400. The Kier molecular flexibility index (Phi) is 5.67. The van der Waals surface area contributed by atoms with Gasteiger partial charge in [0.25, 0.3) is 0 Å². The Labute approximate surface area is 198 Å². The minimum Gasteiger partial charge on any atom is -0.354 e. The molecule has 1 aliphatic heterocycles. The fourth-order valence-electron chi connectivity index (χ4n) is 5.14. The van der Waals surface area contributed by atoms with Crippen LogP contribution in [0.5, 0.6) is 0 Å². The van der Waals surface area contributed by atoms with Crippen molar-refractivity contribution >= 4 is 37.7 Å². The molecule has 0 saturated carbocycles. The van der Waals surface area contributed by atoms with Gasteiger partial charge in [0.05, 0.1) is 11.9 Å². The fourth-order valence-corrected chi connectivity index (χ4v) is 5.77. The average Bonchev–Trinajstić information content (AvgIpc) is 3.42. The SMILES string of the molecule is CC(C)c1c(-c2ccnc3[nH]ncc23)[nH]c2ccc(C3CCN(C(=O)CS(C)(=O)=O)CC3)cc12. The number of nitrogens with zero attached hydrogens (tertiary/aromatic N) is 3. The lowest BCUT2D eigenvalue weighted by atomic mass is 9.87. The quantitative estimate of drug-likeness (QED) is 0.450. The molecule has 4 heterocycles. The number of likely N-dealkylation sites (tertiary alicyclic amines) is 1. The van der Waals surface area contributed by atoms with Gasteiger partial charge in [0.15, 0.2) is 15.5 Å². The standard InChI is InChI=1S/C25H29N5O3S/c1-15(2)23-19-12-17(16-7-10-30(11-8-16)22(31)14-34(3,32)33)4-5-21(19)28-24(23)18-6-9-26-25-20(18)13-27-29-25/h4-6,9,12-13,15-16,28H,7-8,10-11,14H2,1-3H3,(H,26,27,29). The second kappa shape index (κ2) is 8.54. The van der Waals surface area contributed by atoms with Crippen LogP contribution in [-0.2, 0) is 14.6 Å². The van der Waals surface area contributed by atoms with E-state index in [2.05, 4.69) is 52.2 Å². The van der Waals surface area contributed by atoms with Crippen LogP contribution in [0.4, 0.5) is 0 Å². The van der Waals surface area contributed by atoms with Gasteiger partial charge in [0.2, 0.25) is 5.91 Å². The maximum Gasteiger partial charge on any atom is 0.237 e. The van der Waals surface area contributed by atoms with E-state index in [1.807, 2.05) is 12.3 Å². The molecule has 1 aromatic carbocycles. The van der Waals surface area contributed by atoms with Crippen molar-refractivity contribution in [1.82, 2.24) is 25.1 Å². The Morgan fingerprint density at radius 3 is 2.65 bits per heavy atom. The van der Waals surface area contributed by atoms with Crippen LogP contribution in [-0.4, -0.2) is 64.5 Å². The summed E-state index contributed by atoms with van der Waals surface area (Å²) in [5.41, 5.74) is 6.57. The van der Waals surface area contributed by atoms with Crippen molar-refractivity contribution in [3.63, 3.8) is 0 Å². The molecule has 0 spiro atoms. The van der Waals surface area contributed by atoms with E-state index in [1.165, 1.54) is 16.5 Å². The summed E-state index contributed by atoms with van der Waals surface area (Å²) in [6.45, 7) is 5.58. The van der Waals surface area contributed by atoms with E-state index in [1.54, 1.807) is 11.1 Å². The lowest BCUT2D eigenvalue weighted by Gasteiger charge is -2.32. The third-order valence-corrected chi connectivity index (χ3v) is 7.54. The van der Waals surface area contributed by atoms with Crippen molar-refractivity contribution < 1.29 is 13.2 Å². The van der Waals surface area contributed by atoms with Crippen molar-refractivity contribution in [3.8, 4) is 11.3 Å². The van der Waals surface area contributed by atoms with Crippen LogP contribution in [0.1, 0.15) is 49.7 Å². The number of carbonyl (C=O) groups is 1. The van der Waals surface area contributed by atoms with E-state index in [4.69, 9.17) is 0 Å². The molecule has 0 radical (unpaired) electrons. The molecule has 1 aliphatic rings. The first kappa shape index (κ1) is 22.6. The first-order valence-electron chi connectivity index (χ1n) is 11.6. The molecule has 0 aliphatic carbocycles. The number of rotatable bonds is 5. The number of hydrogen-bond donors (Lipinski definition) is 2. The topological polar surface area (TPSA) is 112 Å². The highest BCUT2D eigenvalue weighted by Gasteiger charge is 2.26. The van der Waals surface area contributed by atoms with Crippen LogP contribution in [0.3, 0.4) is 0 Å². The summed E-state index contributed by atoms with van der Waals surface area (Å²) in [6, 6.07) is 8.63. The normalized spacial score (nSPS) is 15.6. The van der Waals surface area contributed by atoms with E-state index in [0.717, 1.165) is 46.9 Å². The van der Waals surface area contributed by atoms with E-state index in [9.17, 15) is 13.2 Å². The number of benzene rings is 1. The van der Waals surface area contributed by atoms with Crippen LogP contribution < -0.4 is 0 Å². The van der Waals surface area contributed by atoms with Crippen molar-refractivity contribution in [2.75, 3.05) is 25.1 Å². The van der Waals surface area contributed by atoms with E-state index >= 15 is 0 Å². The Hall–Kier alpha value is -3.20. The van der Waals surface area contributed by atoms with Crippen molar-refractivity contribution in [2.24, 2.45) is 0 Å². The first-order valence-corrected chi connectivity index (χ1v) is 13.7. The second-order valence-electron chi connectivity index (χ2n) is 9.59. The number of aromatic nitrogens is 4. The number of hydrogen-bond acceptors (Lipinski definition) is 5. The molecular weight excluding hydrogens is 450 g/mol. The smallest absolute Gasteiger partial charge is 0.237 e. The molecule has 4 aromatic rings. The van der Waals surface area contributed by atoms with Gasteiger partial charge in [-0.05, 0) is 54.0 Å². The summed E-state index contributed by atoms with van der Waals surface area (Å²) < 4.78 is 23.0. The lowest BCUT2D eigenvalue weighted by molar-refractivity contribution is -0.129. The Bertz CT molecular complexity index is 1480. The van der Waals surface area contributed by atoms with Crippen LogP contribution >= 0.6 is 0 Å². The van der Waals surface area contributed by atoms with Gasteiger partial charge in [0.1, 0.15) is 5.75 Å². The van der Waals surface area contributed by atoms with Crippen molar-refractivity contribution in [1.29, 1.82) is 0 Å². The number of pyridine rings is 1.